The fourth-order valence-electron chi connectivity index (χ4n) is 11.1. The van der Waals surface area contributed by atoms with Gasteiger partial charge in [-0.05, 0) is 98.7 Å². The van der Waals surface area contributed by atoms with Gasteiger partial charge < -0.3 is 25.2 Å². The lowest BCUT2D eigenvalue weighted by atomic mass is 9.33. The van der Waals surface area contributed by atoms with E-state index in [2.05, 4.69) is 26.8 Å². The number of allylic oxidation sites excluding steroid dienone is 1. The molecule has 5 aliphatic rings. The Balaban J connectivity index is 1.64. The number of aliphatic hydroxyl groups excluding tert-OH is 2. The molecule has 0 amide bonds. The summed E-state index contributed by atoms with van der Waals surface area (Å²) in [5.41, 5.74) is -3.04. The van der Waals surface area contributed by atoms with Gasteiger partial charge in [0.05, 0.1) is 30.8 Å². The molecule has 0 aromatic rings. The molecule has 5 rings (SSSR count). The number of carboxylic acid groups (broad SMARTS) is 1. The Hall–Kier alpha value is -1.44. The van der Waals surface area contributed by atoms with Gasteiger partial charge in [0, 0.05) is 5.92 Å². The van der Waals surface area contributed by atoms with E-state index in [-0.39, 0.29) is 34.0 Å². The van der Waals surface area contributed by atoms with Crippen LogP contribution in [0.1, 0.15) is 92.4 Å². The second-order valence-corrected chi connectivity index (χ2v) is 14.6. The molecule has 0 spiro atoms. The number of methoxy groups -OCH3 is 1. The second-order valence-electron chi connectivity index (χ2n) is 14.6. The van der Waals surface area contributed by atoms with Crippen molar-refractivity contribution in [2.24, 2.45) is 50.7 Å². The average Bonchev–Trinajstić information content (AvgIpc) is 2.86. The van der Waals surface area contributed by atoms with Crippen LogP contribution in [-0.2, 0) is 14.3 Å². The Kier molecular flexibility index (Phi) is 6.31. The van der Waals surface area contributed by atoms with Gasteiger partial charge >= 0.3 is 11.9 Å². The predicted octanol–water partition coefficient (Wildman–Crippen LogP) is 4.33. The molecule has 7 heteroatoms. The van der Waals surface area contributed by atoms with Gasteiger partial charge in [-0.2, -0.15) is 0 Å². The van der Waals surface area contributed by atoms with E-state index in [0.717, 1.165) is 31.3 Å². The number of carbonyl (C=O) groups is 2. The first-order chi connectivity index (χ1) is 17.6. The lowest BCUT2D eigenvalue weighted by molar-refractivity contribution is -0.234. The number of rotatable bonds is 3. The van der Waals surface area contributed by atoms with Gasteiger partial charge in [0.1, 0.15) is 5.41 Å². The zero-order valence-electron chi connectivity index (χ0n) is 24.0. The van der Waals surface area contributed by atoms with E-state index >= 15 is 0 Å². The summed E-state index contributed by atoms with van der Waals surface area (Å²) < 4.78 is 5.19. The van der Waals surface area contributed by atoms with E-state index in [1.807, 2.05) is 13.8 Å². The lowest BCUT2D eigenvalue weighted by Gasteiger charge is -2.71. The summed E-state index contributed by atoms with van der Waals surface area (Å²) in [4.78, 5) is 26.1. The van der Waals surface area contributed by atoms with E-state index in [0.29, 0.717) is 32.1 Å². The van der Waals surface area contributed by atoms with Crippen molar-refractivity contribution in [2.75, 3.05) is 13.7 Å². The molecule has 4 saturated carbocycles. The molecule has 0 aromatic carbocycles. The third-order valence-electron chi connectivity index (χ3n) is 13.8. The van der Waals surface area contributed by atoms with Crippen molar-refractivity contribution in [3.05, 3.63) is 11.6 Å². The molecule has 0 aliphatic heterocycles. The van der Waals surface area contributed by atoms with Crippen LogP contribution in [0.4, 0.5) is 0 Å². The fraction of sp³-hybridized carbons (Fsp3) is 0.871. The standard InChI is InChI=1S/C31H48O7/c1-18-9-14-30(24(34)35)16-15-27(3)19(23(30)29(18,5)37)7-8-20-26(2)12-11-22(33)31(17-32,25(36)38-6)21(26)10-13-28(20,27)4/h7,18,20-23,32-33,37H,8-17H2,1-6H3,(H,34,35)/t18-,20+,21+,22-,23+,26+,27+,28+,29+,30-,31+/m0/s1. The number of hydrogen-bond donors (Lipinski definition) is 4. The first kappa shape index (κ1) is 28.1. The summed E-state index contributed by atoms with van der Waals surface area (Å²) in [5.74, 6) is -1.76. The van der Waals surface area contributed by atoms with Crippen LogP contribution in [-0.4, -0.2) is 57.8 Å². The first-order valence-corrected chi connectivity index (χ1v) is 14.7. The zero-order chi connectivity index (χ0) is 28.1. The molecule has 4 N–H and O–H groups in total. The summed E-state index contributed by atoms with van der Waals surface area (Å²) in [5, 5.41) is 44.2. The molecule has 0 unspecified atom stereocenters. The summed E-state index contributed by atoms with van der Waals surface area (Å²) in [7, 11) is 1.33. The molecule has 0 bridgehead atoms. The summed E-state index contributed by atoms with van der Waals surface area (Å²) in [6.45, 7) is 10.4. The van der Waals surface area contributed by atoms with E-state index in [1.54, 1.807) is 0 Å². The highest BCUT2D eigenvalue weighted by molar-refractivity contribution is 5.79. The number of aliphatic carboxylic acids is 1. The molecule has 0 radical (unpaired) electrons. The fourth-order valence-corrected chi connectivity index (χ4v) is 11.1. The second kappa shape index (κ2) is 8.53. The van der Waals surface area contributed by atoms with Gasteiger partial charge in [-0.25, -0.2) is 0 Å². The van der Waals surface area contributed by atoms with Crippen molar-refractivity contribution in [1.82, 2.24) is 0 Å². The van der Waals surface area contributed by atoms with Crippen LogP contribution in [0.25, 0.3) is 0 Å². The molecule has 7 nitrogen and oxygen atoms in total. The monoisotopic (exact) mass is 532 g/mol. The molecule has 214 valence electrons. The maximum Gasteiger partial charge on any atom is 0.317 e. The number of hydrogen-bond acceptors (Lipinski definition) is 6. The Bertz CT molecular complexity index is 1050. The largest absolute Gasteiger partial charge is 0.481 e. The topological polar surface area (TPSA) is 124 Å². The summed E-state index contributed by atoms with van der Waals surface area (Å²) in [6.07, 6.45) is 7.33. The van der Waals surface area contributed by atoms with Crippen LogP contribution in [0.5, 0.6) is 0 Å². The minimum Gasteiger partial charge on any atom is -0.481 e. The van der Waals surface area contributed by atoms with Crippen LogP contribution in [0.3, 0.4) is 0 Å². The maximum atomic E-state index is 13.2. The highest BCUT2D eigenvalue weighted by Crippen LogP contribution is 2.76. The molecular weight excluding hydrogens is 484 g/mol. The molecule has 38 heavy (non-hydrogen) atoms. The van der Waals surface area contributed by atoms with Crippen molar-refractivity contribution < 1.29 is 34.8 Å². The number of ether oxygens (including phenoxy) is 1. The van der Waals surface area contributed by atoms with Crippen molar-refractivity contribution in [2.45, 2.75) is 104 Å². The van der Waals surface area contributed by atoms with Gasteiger partial charge in [0.25, 0.3) is 0 Å². The number of carbonyl (C=O) groups excluding carboxylic acids is 1. The number of aliphatic hydroxyl groups is 3. The Labute approximate surface area is 227 Å². The van der Waals surface area contributed by atoms with Gasteiger partial charge in [-0.3, -0.25) is 9.59 Å². The third-order valence-corrected chi connectivity index (χ3v) is 13.8. The van der Waals surface area contributed by atoms with Crippen LogP contribution >= 0.6 is 0 Å². The minimum atomic E-state index is -1.33. The zero-order valence-corrected chi connectivity index (χ0v) is 24.0. The highest BCUT2D eigenvalue weighted by Gasteiger charge is 2.73. The maximum absolute atomic E-state index is 13.2. The quantitative estimate of drug-likeness (QED) is 0.315. The van der Waals surface area contributed by atoms with Crippen LogP contribution in [0, 0.1) is 50.7 Å². The molecule has 11 atom stereocenters. The summed E-state index contributed by atoms with van der Waals surface area (Å²) in [6, 6.07) is 0. The Morgan fingerprint density at radius 2 is 1.68 bits per heavy atom. The molecule has 0 saturated heterocycles. The molecule has 0 heterocycles. The molecule has 0 aromatic heterocycles. The van der Waals surface area contributed by atoms with Gasteiger partial charge in [0.15, 0.2) is 0 Å². The van der Waals surface area contributed by atoms with E-state index in [9.17, 15) is 30.0 Å². The predicted molar refractivity (Wildman–Crippen MR) is 142 cm³/mol. The average molecular weight is 533 g/mol. The lowest BCUT2D eigenvalue weighted by Crippen LogP contribution is -2.69. The van der Waals surface area contributed by atoms with Crippen molar-refractivity contribution in [1.29, 1.82) is 0 Å². The van der Waals surface area contributed by atoms with E-state index in [4.69, 9.17) is 4.74 Å². The third kappa shape index (κ3) is 3.07. The van der Waals surface area contributed by atoms with Gasteiger partial charge in [-0.15, -0.1) is 0 Å². The minimum absolute atomic E-state index is 0.00654. The van der Waals surface area contributed by atoms with E-state index < -0.39 is 47.0 Å². The van der Waals surface area contributed by atoms with Crippen molar-refractivity contribution in [3.8, 4) is 0 Å². The Morgan fingerprint density at radius 3 is 2.29 bits per heavy atom. The van der Waals surface area contributed by atoms with Crippen molar-refractivity contribution >= 4 is 11.9 Å². The molecular formula is C31H48O7. The smallest absolute Gasteiger partial charge is 0.317 e. The van der Waals surface area contributed by atoms with Crippen molar-refractivity contribution in [3.63, 3.8) is 0 Å². The van der Waals surface area contributed by atoms with Gasteiger partial charge in [0.2, 0.25) is 0 Å². The number of carboxylic acids is 1. The van der Waals surface area contributed by atoms with Gasteiger partial charge in [-0.1, -0.05) is 39.3 Å². The normalized spacial score (nSPS) is 53.9. The van der Waals surface area contributed by atoms with Crippen LogP contribution < -0.4 is 0 Å². The van der Waals surface area contributed by atoms with Crippen LogP contribution in [0.2, 0.25) is 0 Å². The Morgan fingerprint density at radius 1 is 1.00 bits per heavy atom. The summed E-state index contributed by atoms with van der Waals surface area (Å²) >= 11 is 0. The van der Waals surface area contributed by atoms with Crippen LogP contribution in [0.15, 0.2) is 11.6 Å². The highest BCUT2D eigenvalue weighted by atomic mass is 16.5. The SMILES string of the molecule is COC(=O)[C@]1(CO)[C@@H]2CC[C@]3(C)[C@H](CC=C4[C@H]5[C@](C(=O)O)(CC[C@H](C)[C@@]5(C)O)CC[C@]43C)[C@@]2(C)CC[C@@H]1O. The molecule has 5 aliphatic carbocycles. The number of esters is 1. The molecule has 4 fully saturated rings. The first-order valence-electron chi connectivity index (χ1n) is 14.7. The number of fused-ring (bicyclic) bond motifs is 7. The van der Waals surface area contributed by atoms with E-state index in [1.165, 1.54) is 7.11 Å².